The summed E-state index contributed by atoms with van der Waals surface area (Å²) < 4.78 is 14.0. The molecule has 1 aromatic heterocycles. The van der Waals surface area contributed by atoms with Gasteiger partial charge in [0, 0.05) is 11.9 Å². The molecule has 0 aliphatic carbocycles. The van der Waals surface area contributed by atoms with E-state index in [0.717, 1.165) is 0 Å². The van der Waals surface area contributed by atoms with Gasteiger partial charge in [0.15, 0.2) is 0 Å². The molecule has 1 N–H and O–H groups in total. The van der Waals surface area contributed by atoms with Crippen molar-refractivity contribution in [3.05, 3.63) is 45.2 Å². The van der Waals surface area contributed by atoms with Crippen molar-refractivity contribution in [3.63, 3.8) is 0 Å². The summed E-state index contributed by atoms with van der Waals surface area (Å²) in [6.45, 7) is 1.76. The van der Waals surface area contributed by atoms with Crippen LogP contribution < -0.4 is 0 Å². The van der Waals surface area contributed by atoms with Gasteiger partial charge in [-0.3, -0.25) is 8.89 Å². The smallest absolute Gasteiger partial charge is 0.337 e. The Morgan fingerprint density at radius 3 is 2.62 bits per heavy atom. The second kappa shape index (κ2) is 6.17. The lowest BCUT2D eigenvalue weighted by molar-refractivity contribution is 0.0697. The van der Waals surface area contributed by atoms with E-state index in [1.165, 1.54) is 12.1 Å². The van der Waals surface area contributed by atoms with Crippen molar-refractivity contribution in [1.82, 2.24) is 9.78 Å². The van der Waals surface area contributed by atoms with Crippen molar-refractivity contribution in [1.29, 1.82) is 0 Å². The summed E-state index contributed by atoms with van der Waals surface area (Å²) in [5.74, 6) is -1.01. The zero-order chi connectivity index (χ0) is 15.7. The molecule has 8 heteroatoms. The normalized spacial score (nSPS) is 12.4. The lowest BCUT2D eigenvalue weighted by Gasteiger charge is -2.06. The maximum atomic E-state index is 12.4. The Balaban J connectivity index is 2.33. The topological polar surface area (TPSA) is 72.2 Å². The molecule has 0 saturated heterocycles. The Bertz CT molecular complexity index is 743. The molecule has 0 amide bonds. The van der Waals surface area contributed by atoms with Crippen molar-refractivity contribution in [3.8, 4) is 0 Å². The van der Waals surface area contributed by atoms with E-state index in [9.17, 15) is 9.00 Å². The van der Waals surface area contributed by atoms with Crippen LogP contribution in [-0.4, -0.2) is 25.1 Å². The molecule has 21 heavy (non-hydrogen) atoms. The fraction of sp³-hybridized carbons (Fsp3) is 0.231. The molecule has 0 bridgehead atoms. The number of halogens is 2. The summed E-state index contributed by atoms with van der Waals surface area (Å²) in [7, 11) is 0.274. The van der Waals surface area contributed by atoms with Crippen LogP contribution >= 0.6 is 23.2 Å². The number of carboxylic acids is 1. The van der Waals surface area contributed by atoms with Crippen LogP contribution in [0.5, 0.6) is 0 Å². The van der Waals surface area contributed by atoms with Gasteiger partial charge < -0.3 is 5.11 Å². The molecule has 1 atom stereocenters. The highest BCUT2D eigenvalue weighted by molar-refractivity contribution is 7.84. The number of carbonyl (C=O) groups is 1. The van der Waals surface area contributed by atoms with E-state index in [1.807, 2.05) is 0 Å². The van der Waals surface area contributed by atoms with Crippen LogP contribution in [0.1, 0.15) is 21.7 Å². The number of nitrogens with zero attached hydrogens (tertiary/aromatic N) is 2. The molecule has 5 nitrogen and oxygen atoms in total. The van der Waals surface area contributed by atoms with Gasteiger partial charge in [-0.15, -0.1) is 0 Å². The third-order valence-corrected chi connectivity index (χ3v) is 5.10. The molecule has 112 valence electrons. The Morgan fingerprint density at radius 2 is 2.10 bits per heavy atom. The predicted octanol–water partition coefficient (Wildman–Crippen LogP) is 3.04. The third kappa shape index (κ3) is 3.28. The molecule has 1 unspecified atom stereocenters. The summed E-state index contributed by atoms with van der Waals surface area (Å²) >= 11 is 11.9. The van der Waals surface area contributed by atoms with Crippen LogP contribution in [0.15, 0.2) is 23.1 Å². The highest BCUT2D eigenvalue weighted by Crippen LogP contribution is 2.25. The molecule has 1 aromatic carbocycles. The Labute approximate surface area is 133 Å². The van der Waals surface area contributed by atoms with Gasteiger partial charge in [-0.1, -0.05) is 23.2 Å². The van der Waals surface area contributed by atoms with E-state index in [2.05, 4.69) is 5.10 Å². The average Bonchev–Trinajstić information content (AvgIpc) is 2.65. The SMILES string of the molecule is Cc1nn(C)c(CS(=O)c2ccc(Cl)c(C(=O)O)c2)c1Cl. The first-order chi connectivity index (χ1) is 9.81. The maximum absolute atomic E-state index is 12.4. The van der Waals surface area contributed by atoms with Crippen LogP contribution in [0.3, 0.4) is 0 Å². The number of aromatic nitrogens is 2. The summed E-state index contributed by atoms with van der Waals surface area (Å²) in [4.78, 5) is 11.4. The van der Waals surface area contributed by atoms with E-state index in [0.29, 0.717) is 21.3 Å². The second-order valence-electron chi connectivity index (χ2n) is 4.41. The molecule has 0 saturated carbocycles. The Kier molecular flexibility index (Phi) is 4.70. The van der Waals surface area contributed by atoms with Crippen LogP contribution in [0.2, 0.25) is 10.0 Å². The minimum atomic E-state index is -1.44. The molecule has 1 heterocycles. The van der Waals surface area contributed by atoms with E-state index >= 15 is 0 Å². The van der Waals surface area contributed by atoms with E-state index < -0.39 is 16.8 Å². The monoisotopic (exact) mass is 346 g/mol. The van der Waals surface area contributed by atoms with Crippen molar-refractivity contribution in [2.24, 2.45) is 7.05 Å². The van der Waals surface area contributed by atoms with Crippen molar-refractivity contribution in [2.75, 3.05) is 0 Å². The molecular weight excluding hydrogens is 335 g/mol. The molecule has 0 aliphatic rings. The van der Waals surface area contributed by atoms with Gasteiger partial charge >= 0.3 is 5.97 Å². The number of hydrogen-bond donors (Lipinski definition) is 1. The highest BCUT2D eigenvalue weighted by Gasteiger charge is 2.17. The summed E-state index contributed by atoms with van der Waals surface area (Å²) in [5, 5.41) is 13.8. The van der Waals surface area contributed by atoms with Crippen molar-refractivity contribution < 1.29 is 14.1 Å². The Morgan fingerprint density at radius 1 is 1.43 bits per heavy atom. The zero-order valence-corrected chi connectivity index (χ0v) is 13.6. The van der Waals surface area contributed by atoms with Crippen molar-refractivity contribution >= 4 is 40.0 Å². The number of aryl methyl sites for hydroxylation is 2. The van der Waals surface area contributed by atoms with Gasteiger partial charge in [0.25, 0.3) is 0 Å². The number of rotatable bonds is 4. The molecule has 2 rings (SSSR count). The average molecular weight is 347 g/mol. The lowest BCUT2D eigenvalue weighted by Crippen LogP contribution is -2.05. The first-order valence-electron chi connectivity index (χ1n) is 5.90. The molecule has 2 aromatic rings. The van der Waals surface area contributed by atoms with Gasteiger partial charge in [0.05, 0.1) is 43.5 Å². The first kappa shape index (κ1) is 16.0. The minimum absolute atomic E-state index is 0.0743. The van der Waals surface area contributed by atoms with E-state index in [1.54, 1.807) is 24.7 Å². The van der Waals surface area contributed by atoms with Crippen LogP contribution in [0.25, 0.3) is 0 Å². The van der Waals surface area contributed by atoms with E-state index in [-0.39, 0.29) is 16.3 Å². The zero-order valence-electron chi connectivity index (χ0n) is 11.3. The quantitative estimate of drug-likeness (QED) is 0.923. The number of aromatic carboxylic acids is 1. The van der Waals surface area contributed by atoms with Gasteiger partial charge in [-0.25, -0.2) is 4.79 Å². The molecule has 0 fully saturated rings. The van der Waals surface area contributed by atoms with Gasteiger partial charge in [0.2, 0.25) is 0 Å². The number of hydrogen-bond acceptors (Lipinski definition) is 3. The maximum Gasteiger partial charge on any atom is 0.337 e. The standard InChI is InChI=1S/C13H12Cl2N2O3S/c1-7-12(15)11(17(2)16-7)6-21(20)8-3-4-10(14)9(5-8)13(18)19/h3-5H,6H2,1-2H3,(H,18,19). The first-order valence-corrected chi connectivity index (χ1v) is 7.98. The highest BCUT2D eigenvalue weighted by atomic mass is 35.5. The van der Waals surface area contributed by atoms with Gasteiger partial charge in [-0.05, 0) is 25.1 Å². The number of benzene rings is 1. The fourth-order valence-corrected chi connectivity index (χ4v) is 3.57. The fourth-order valence-electron chi connectivity index (χ4n) is 1.85. The summed E-state index contributed by atoms with van der Waals surface area (Å²) in [6.07, 6.45) is 0. The largest absolute Gasteiger partial charge is 0.478 e. The van der Waals surface area contributed by atoms with Crippen LogP contribution in [0.4, 0.5) is 0 Å². The second-order valence-corrected chi connectivity index (χ2v) is 6.64. The molecule has 0 aliphatic heterocycles. The summed E-state index contributed by atoms with van der Waals surface area (Å²) in [5.41, 5.74) is 1.22. The number of carboxylic acid groups (broad SMARTS) is 1. The van der Waals surface area contributed by atoms with Gasteiger partial charge in [0.1, 0.15) is 0 Å². The minimum Gasteiger partial charge on any atom is -0.478 e. The predicted molar refractivity (Wildman–Crippen MR) is 81.5 cm³/mol. The van der Waals surface area contributed by atoms with Crippen molar-refractivity contribution in [2.45, 2.75) is 17.6 Å². The molecular formula is C13H12Cl2N2O3S. The van der Waals surface area contributed by atoms with E-state index in [4.69, 9.17) is 28.3 Å². The molecule has 0 radical (unpaired) electrons. The lowest BCUT2D eigenvalue weighted by atomic mass is 10.2. The third-order valence-electron chi connectivity index (χ3n) is 2.96. The van der Waals surface area contributed by atoms with Crippen LogP contribution in [-0.2, 0) is 23.6 Å². The Hall–Kier alpha value is -1.37. The van der Waals surface area contributed by atoms with Crippen LogP contribution in [0, 0.1) is 6.92 Å². The summed E-state index contributed by atoms with van der Waals surface area (Å²) in [6, 6.07) is 4.29. The van der Waals surface area contributed by atoms with Gasteiger partial charge in [-0.2, -0.15) is 5.10 Å². The molecule has 0 spiro atoms.